The van der Waals surface area contributed by atoms with Crippen molar-refractivity contribution in [1.29, 1.82) is 0 Å². The van der Waals surface area contributed by atoms with Gasteiger partial charge in [-0.2, -0.15) is 0 Å². The highest BCUT2D eigenvalue weighted by Crippen LogP contribution is 2.45. The van der Waals surface area contributed by atoms with Crippen LogP contribution in [0.5, 0.6) is 0 Å². The Hall–Kier alpha value is -0.520. The molecule has 15 heavy (non-hydrogen) atoms. The summed E-state index contributed by atoms with van der Waals surface area (Å²) in [5.41, 5.74) is 0.480. The molecule has 1 aliphatic carbocycles. The van der Waals surface area contributed by atoms with E-state index in [1.807, 2.05) is 13.8 Å². The van der Waals surface area contributed by atoms with E-state index < -0.39 is 0 Å². The summed E-state index contributed by atoms with van der Waals surface area (Å²) in [7, 11) is 0. The Labute approximate surface area is 96.5 Å². The van der Waals surface area contributed by atoms with Crippen LogP contribution < -0.4 is 0 Å². The highest BCUT2D eigenvalue weighted by atomic mass is 14.4. The Kier molecular flexibility index (Phi) is 7.46. The third-order valence-corrected chi connectivity index (χ3v) is 3.47. The molecule has 1 rings (SSSR count). The molecule has 2 atom stereocenters. The van der Waals surface area contributed by atoms with Gasteiger partial charge in [0.15, 0.2) is 0 Å². The molecule has 0 heteroatoms. The van der Waals surface area contributed by atoms with E-state index in [1.54, 1.807) is 0 Å². The van der Waals surface area contributed by atoms with E-state index in [-0.39, 0.29) is 0 Å². The van der Waals surface area contributed by atoms with Crippen molar-refractivity contribution >= 4 is 0 Å². The largest absolute Gasteiger partial charge is 0.0877 e. The molecular formula is C15H28. The first kappa shape index (κ1) is 14.5. The molecule has 1 saturated carbocycles. The zero-order chi connectivity index (χ0) is 11.7. The molecule has 2 unspecified atom stereocenters. The van der Waals surface area contributed by atoms with Crippen LogP contribution in [0.1, 0.15) is 60.3 Å². The molecule has 0 N–H and O–H groups in total. The molecule has 0 aromatic heterocycles. The summed E-state index contributed by atoms with van der Waals surface area (Å²) in [6.07, 6.45) is 14.4. The van der Waals surface area contributed by atoms with Crippen LogP contribution in [-0.4, -0.2) is 0 Å². The monoisotopic (exact) mass is 208 g/mol. The van der Waals surface area contributed by atoms with Crippen molar-refractivity contribution < 1.29 is 0 Å². The highest BCUT2D eigenvalue weighted by Gasteiger charge is 2.34. The fourth-order valence-electron chi connectivity index (χ4n) is 2.54. The number of rotatable bonds is 3. The van der Waals surface area contributed by atoms with Crippen molar-refractivity contribution in [2.45, 2.75) is 60.3 Å². The van der Waals surface area contributed by atoms with Gasteiger partial charge in [0.1, 0.15) is 0 Å². The van der Waals surface area contributed by atoms with Crippen LogP contribution in [-0.2, 0) is 0 Å². The Balaban J connectivity index is 0.000000921. The quantitative estimate of drug-likeness (QED) is 0.548. The average Bonchev–Trinajstić information content (AvgIpc) is 2.63. The molecule has 0 spiro atoms. The minimum Gasteiger partial charge on any atom is -0.0877 e. The van der Waals surface area contributed by atoms with Crippen molar-refractivity contribution in [2.75, 3.05) is 0 Å². The molecule has 0 aromatic rings. The van der Waals surface area contributed by atoms with Crippen molar-refractivity contribution in [3.63, 3.8) is 0 Å². The van der Waals surface area contributed by atoms with Crippen LogP contribution in [0.4, 0.5) is 0 Å². The van der Waals surface area contributed by atoms with E-state index in [1.165, 1.54) is 25.7 Å². The van der Waals surface area contributed by atoms with E-state index in [0.29, 0.717) is 5.41 Å². The highest BCUT2D eigenvalue weighted by molar-refractivity contribution is 5.10. The summed E-state index contributed by atoms with van der Waals surface area (Å²) >= 11 is 0. The maximum atomic E-state index is 2.41. The zero-order valence-corrected chi connectivity index (χ0v) is 11.2. The van der Waals surface area contributed by atoms with Gasteiger partial charge in [0.25, 0.3) is 0 Å². The van der Waals surface area contributed by atoms with Gasteiger partial charge >= 0.3 is 0 Å². The summed E-state index contributed by atoms with van der Waals surface area (Å²) in [4.78, 5) is 0. The second-order valence-corrected chi connectivity index (χ2v) is 4.39. The Morgan fingerprint density at radius 1 is 1.27 bits per heavy atom. The normalized spacial score (nSPS) is 30.9. The summed E-state index contributed by atoms with van der Waals surface area (Å²) in [5.74, 6) is 0.911. The Bertz CT molecular complexity index is 200. The lowest BCUT2D eigenvalue weighted by Gasteiger charge is -2.27. The molecule has 0 radical (unpaired) electrons. The fourth-order valence-corrected chi connectivity index (χ4v) is 2.54. The van der Waals surface area contributed by atoms with E-state index in [2.05, 4.69) is 45.1 Å². The lowest BCUT2D eigenvalue weighted by atomic mass is 9.78. The Morgan fingerprint density at radius 3 is 2.47 bits per heavy atom. The second-order valence-electron chi connectivity index (χ2n) is 4.39. The molecule has 0 aliphatic heterocycles. The maximum Gasteiger partial charge on any atom is -0.0115 e. The van der Waals surface area contributed by atoms with Crippen LogP contribution in [0.2, 0.25) is 0 Å². The van der Waals surface area contributed by atoms with Crippen LogP contribution in [0.15, 0.2) is 24.3 Å². The number of hydrogen-bond donors (Lipinski definition) is 0. The maximum absolute atomic E-state index is 2.41. The summed E-state index contributed by atoms with van der Waals surface area (Å²) < 4.78 is 0. The number of hydrogen-bond acceptors (Lipinski definition) is 0. The third kappa shape index (κ3) is 4.24. The van der Waals surface area contributed by atoms with E-state index in [4.69, 9.17) is 0 Å². The first-order valence-corrected chi connectivity index (χ1v) is 6.53. The van der Waals surface area contributed by atoms with Gasteiger partial charge in [-0.15, -0.1) is 0 Å². The molecule has 1 fully saturated rings. The lowest BCUT2D eigenvalue weighted by Crippen LogP contribution is -2.17. The van der Waals surface area contributed by atoms with Crippen LogP contribution in [0.3, 0.4) is 0 Å². The predicted octanol–water partition coefficient (Wildman–Crippen LogP) is 5.36. The van der Waals surface area contributed by atoms with Gasteiger partial charge in [-0.05, 0) is 31.1 Å². The fraction of sp³-hybridized carbons (Fsp3) is 0.733. The van der Waals surface area contributed by atoms with Gasteiger partial charge in [0.2, 0.25) is 0 Å². The summed E-state index contributed by atoms with van der Waals surface area (Å²) in [6.45, 7) is 10.8. The minimum absolute atomic E-state index is 0.480. The topological polar surface area (TPSA) is 0 Å². The van der Waals surface area contributed by atoms with E-state index in [0.717, 1.165) is 5.92 Å². The average molecular weight is 208 g/mol. The van der Waals surface area contributed by atoms with Crippen molar-refractivity contribution in [2.24, 2.45) is 11.3 Å². The van der Waals surface area contributed by atoms with Gasteiger partial charge in [-0.1, -0.05) is 64.8 Å². The van der Waals surface area contributed by atoms with Gasteiger partial charge < -0.3 is 0 Å². The van der Waals surface area contributed by atoms with Crippen LogP contribution in [0.25, 0.3) is 0 Å². The van der Waals surface area contributed by atoms with Gasteiger partial charge in [-0.3, -0.25) is 0 Å². The molecule has 0 heterocycles. The van der Waals surface area contributed by atoms with E-state index in [9.17, 15) is 0 Å². The van der Waals surface area contributed by atoms with E-state index >= 15 is 0 Å². The van der Waals surface area contributed by atoms with Gasteiger partial charge in [0, 0.05) is 0 Å². The van der Waals surface area contributed by atoms with Gasteiger partial charge in [-0.25, -0.2) is 0 Å². The summed E-state index contributed by atoms with van der Waals surface area (Å²) in [6, 6.07) is 0. The molecule has 1 aliphatic rings. The lowest BCUT2D eigenvalue weighted by molar-refractivity contribution is 0.298. The smallest absolute Gasteiger partial charge is 0.0115 e. The van der Waals surface area contributed by atoms with Crippen molar-refractivity contribution in [3.8, 4) is 0 Å². The molecular weight excluding hydrogens is 180 g/mol. The standard InChI is InChI=1S/C13H22.C2H6/c1-4-6-7-10-13(3)11-8-9-12(13)5-2;1-2/h4,6-7,10,12H,5,8-9,11H2,1-3H3;1-2H3/b6-4?,10-7-;. The van der Waals surface area contributed by atoms with Crippen LogP contribution >= 0.6 is 0 Å². The molecule has 0 saturated heterocycles. The molecule has 0 bridgehead atoms. The number of allylic oxidation sites excluding steroid dienone is 4. The molecule has 88 valence electrons. The molecule has 0 nitrogen and oxygen atoms in total. The molecule has 0 aromatic carbocycles. The van der Waals surface area contributed by atoms with Crippen molar-refractivity contribution in [1.82, 2.24) is 0 Å². The zero-order valence-electron chi connectivity index (χ0n) is 11.2. The SMILES string of the molecule is CC.CC=C/C=C\C1(C)CCCC1CC. The summed E-state index contributed by atoms with van der Waals surface area (Å²) in [5, 5.41) is 0. The minimum atomic E-state index is 0.480. The second kappa shape index (κ2) is 7.73. The van der Waals surface area contributed by atoms with Crippen LogP contribution in [0, 0.1) is 11.3 Å². The first-order chi connectivity index (χ1) is 7.23. The van der Waals surface area contributed by atoms with Gasteiger partial charge in [0.05, 0.1) is 0 Å². The Morgan fingerprint density at radius 2 is 1.93 bits per heavy atom. The molecule has 0 amide bonds. The first-order valence-electron chi connectivity index (χ1n) is 6.53. The third-order valence-electron chi connectivity index (χ3n) is 3.47. The van der Waals surface area contributed by atoms with Crippen molar-refractivity contribution in [3.05, 3.63) is 24.3 Å². The predicted molar refractivity (Wildman–Crippen MR) is 71.0 cm³/mol.